The van der Waals surface area contributed by atoms with Crippen LogP contribution in [0.15, 0.2) is 35.1 Å². The van der Waals surface area contributed by atoms with Gasteiger partial charge < -0.3 is 10.5 Å². The fourth-order valence-corrected chi connectivity index (χ4v) is 2.31. The molecule has 1 heterocycles. The van der Waals surface area contributed by atoms with Crippen molar-refractivity contribution in [1.29, 1.82) is 0 Å². The lowest BCUT2D eigenvalue weighted by molar-refractivity contribution is 0.480. The van der Waals surface area contributed by atoms with Gasteiger partial charge in [-0.05, 0) is 28.1 Å². The summed E-state index contributed by atoms with van der Waals surface area (Å²) >= 11 is 8.40. The molecule has 0 aliphatic heterocycles. The lowest BCUT2D eigenvalue weighted by Gasteiger charge is -2.10. The van der Waals surface area contributed by atoms with Gasteiger partial charge in [0.05, 0.1) is 18.0 Å². The number of aryl methyl sites for hydroxylation is 1. The first-order chi connectivity index (χ1) is 8.08. The molecule has 0 bridgehead atoms. The smallest absolute Gasteiger partial charge is 0.165 e. The van der Waals surface area contributed by atoms with Crippen molar-refractivity contribution in [3.05, 3.63) is 40.6 Å². The van der Waals surface area contributed by atoms with Crippen molar-refractivity contribution < 1.29 is 4.74 Å². The van der Waals surface area contributed by atoms with Crippen molar-refractivity contribution in [2.75, 3.05) is 0 Å². The SMILES string of the molecule is Cn1cc(Oc2cccc(Br)c2C(N)=S)cn1. The molecule has 0 unspecified atom stereocenters. The average molecular weight is 312 g/mol. The normalized spacial score (nSPS) is 10.2. The van der Waals surface area contributed by atoms with E-state index >= 15 is 0 Å². The second-order valence-corrected chi connectivity index (χ2v) is 4.72. The lowest BCUT2D eigenvalue weighted by Crippen LogP contribution is -2.11. The standard InChI is InChI=1S/C11H10BrN3OS/c1-15-6-7(5-14-15)16-9-4-2-3-8(12)10(9)11(13)17/h2-6H,1H3,(H2,13,17). The number of rotatable bonds is 3. The maximum absolute atomic E-state index is 5.69. The Bertz CT molecular complexity index is 568. The average Bonchev–Trinajstić information content (AvgIpc) is 2.63. The van der Waals surface area contributed by atoms with Gasteiger partial charge in [0.2, 0.25) is 0 Å². The highest BCUT2D eigenvalue weighted by Crippen LogP contribution is 2.30. The monoisotopic (exact) mass is 311 g/mol. The van der Waals surface area contributed by atoms with Gasteiger partial charge in [0, 0.05) is 11.5 Å². The van der Waals surface area contributed by atoms with E-state index in [-0.39, 0.29) is 4.99 Å². The summed E-state index contributed by atoms with van der Waals surface area (Å²) in [4.78, 5) is 0.288. The van der Waals surface area contributed by atoms with Gasteiger partial charge in [-0.25, -0.2) is 0 Å². The van der Waals surface area contributed by atoms with Gasteiger partial charge in [0.15, 0.2) is 5.75 Å². The Morgan fingerprint density at radius 3 is 2.88 bits per heavy atom. The molecule has 0 amide bonds. The zero-order chi connectivity index (χ0) is 12.4. The lowest BCUT2D eigenvalue weighted by atomic mass is 10.2. The molecule has 1 aromatic heterocycles. The predicted octanol–water partition coefficient (Wildman–Crippen LogP) is 2.61. The minimum absolute atomic E-state index is 0.288. The quantitative estimate of drug-likeness (QED) is 0.885. The van der Waals surface area contributed by atoms with Gasteiger partial charge in [-0.2, -0.15) is 5.10 Å². The second kappa shape index (κ2) is 4.85. The molecule has 1 aromatic carbocycles. The van der Waals surface area contributed by atoms with E-state index in [1.807, 2.05) is 25.2 Å². The molecular formula is C11H10BrN3OS. The molecule has 17 heavy (non-hydrogen) atoms. The van der Waals surface area contributed by atoms with Crippen LogP contribution in [-0.2, 0) is 7.05 Å². The Morgan fingerprint density at radius 2 is 2.29 bits per heavy atom. The summed E-state index contributed by atoms with van der Waals surface area (Å²) in [5.74, 6) is 1.25. The molecule has 4 nitrogen and oxygen atoms in total. The van der Waals surface area contributed by atoms with Crippen LogP contribution in [0.2, 0.25) is 0 Å². The summed E-state index contributed by atoms with van der Waals surface area (Å²) < 4.78 is 8.16. The number of aromatic nitrogens is 2. The van der Waals surface area contributed by atoms with Crippen molar-refractivity contribution in [3.8, 4) is 11.5 Å². The highest BCUT2D eigenvalue weighted by atomic mass is 79.9. The van der Waals surface area contributed by atoms with E-state index in [1.54, 1.807) is 17.1 Å². The third-order valence-corrected chi connectivity index (χ3v) is 3.00. The Balaban J connectivity index is 2.39. The maximum Gasteiger partial charge on any atom is 0.165 e. The predicted molar refractivity (Wildman–Crippen MR) is 73.3 cm³/mol. The zero-order valence-corrected chi connectivity index (χ0v) is 11.5. The first kappa shape index (κ1) is 12.1. The Labute approximate surface area is 113 Å². The van der Waals surface area contributed by atoms with E-state index in [0.717, 1.165) is 4.47 Å². The van der Waals surface area contributed by atoms with E-state index < -0.39 is 0 Å². The van der Waals surface area contributed by atoms with Crippen LogP contribution in [0.3, 0.4) is 0 Å². The number of halogens is 1. The summed E-state index contributed by atoms with van der Waals surface area (Å²) in [5.41, 5.74) is 6.36. The molecule has 0 fully saturated rings. The number of thiocarbonyl (C=S) groups is 1. The molecule has 0 aliphatic carbocycles. The minimum atomic E-state index is 0.288. The number of nitrogens with zero attached hydrogens (tertiary/aromatic N) is 2. The van der Waals surface area contributed by atoms with Crippen LogP contribution < -0.4 is 10.5 Å². The summed E-state index contributed by atoms with van der Waals surface area (Å²) in [7, 11) is 1.82. The summed E-state index contributed by atoms with van der Waals surface area (Å²) in [6.07, 6.45) is 3.40. The van der Waals surface area contributed by atoms with E-state index in [0.29, 0.717) is 17.1 Å². The van der Waals surface area contributed by atoms with Crippen molar-refractivity contribution in [2.45, 2.75) is 0 Å². The van der Waals surface area contributed by atoms with E-state index in [1.165, 1.54) is 0 Å². The van der Waals surface area contributed by atoms with Gasteiger partial charge in [-0.15, -0.1) is 0 Å². The minimum Gasteiger partial charge on any atom is -0.453 e. The third-order valence-electron chi connectivity index (χ3n) is 2.13. The molecule has 2 rings (SSSR count). The number of ether oxygens (including phenoxy) is 1. The molecule has 2 aromatic rings. The molecule has 0 atom stereocenters. The molecule has 2 N–H and O–H groups in total. The highest BCUT2D eigenvalue weighted by molar-refractivity contribution is 9.10. The molecule has 0 saturated carbocycles. The van der Waals surface area contributed by atoms with E-state index in [9.17, 15) is 0 Å². The Kier molecular flexibility index (Phi) is 3.44. The van der Waals surface area contributed by atoms with E-state index in [4.69, 9.17) is 22.7 Å². The molecular weight excluding hydrogens is 302 g/mol. The van der Waals surface area contributed by atoms with Crippen molar-refractivity contribution >= 4 is 33.1 Å². The van der Waals surface area contributed by atoms with Gasteiger partial charge in [0.25, 0.3) is 0 Å². The maximum atomic E-state index is 5.69. The number of benzene rings is 1. The van der Waals surface area contributed by atoms with E-state index in [2.05, 4.69) is 21.0 Å². The first-order valence-corrected chi connectivity index (χ1v) is 6.03. The van der Waals surface area contributed by atoms with Crippen LogP contribution >= 0.6 is 28.1 Å². The van der Waals surface area contributed by atoms with Crippen molar-refractivity contribution in [1.82, 2.24) is 9.78 Å². The van der Waals surface area contributed by atoms with Crippen molar-refractivity contribution in [3.63, 3.8) is 0 Å². The van der Waals surface area contributed by atoms with Crippen LogP contribution in [0.25, 0.3) is 0 Å². The number of hydrogen-bond acceptors (Lipinski definition) is 3. The first-order valence-electron chi connectivity index (χ1n) is 4.83. The van der Waals surface area contributed by atoms with Gasteiger partial charge in [-0.1, -0.05) is 18.3 Å². The number of hydrogen-bond donors (Lipinski definition) is 1. The molecule has 0 radical (unpaired) electrons. The van der Waals surface area contributed by atoms with Crippen LogP contribution in [0.5, 0.6) is 11.5 Å². The van der Waals surface area contributed by atoms with Crippen LogP contribution in [0.4, 0.5) is 0 Å². The highest BCUT2D eigenvalue weighted by Gasteiger charge is 2.11. The Morgan fingerprint density at radius 1 is 1.53 bits per heavy atom. The molecule has 6 heteroatoms. The topological polar surface area (TPSA) is 53.1 Å². The molecule has 88 valence electrons. The Hall–Kier alpha value is -1.40. The summed E-state index contributed by atoms with van der Waals surface area (Å²) in [5, 5.41) is 4.03. The zero-order valence-electron chi connectivity index (χ0n) is 9.05. The second-order valence-electron chi connectivity index (χ2n) is 3.43. The van der Waals surface area contributed by atoms with Crippen LogP contribution in [0, 0.1) is 0 Å². The van der Waals surface area contributed by atoms with Gasteiger partial charge >= 0.3 is 0 Å². The number of nitrogens with two attached hydrogens (primary N) is 1. The fraction of sp³-hybridized carbons (Fsp3) is 0.0909. The summed E-state index contributed by atoms with van der Waals surface area (Å²) in [6.45, 7) is 0. The third kappa shape index (κ3) is 2.65. The van der Waals surface area contributed by atoms with Crippen molar-refractivity contribution in [2.24, 2.45) is 12.8 Å². The molecule has 0 aliphatic rings. The molecule has 0 saturated heterocycles. The van der Waals surface area contributed by atoms with Crippen LogP contribution in [0.1, 0.15) is 5.56 Å². The molecule has 0 spiro atoms. The largest absolute Gasteiger partial charge is 0.453 e. The summed E-state index contributed by atoms with van der Waals surface area (Å²) in [6, 6.07) is 5.54. The van der Waals surface area contributed by atoms with Gasteiger partial charge in [-0.3, -0.25) is 4.68 Å². The fourth-order valence-electron chi connectivity index (χ4n) is 1.41. The van der Waals surface area contributed by atoms with Crippen LogP contribution in [-0.4, -0.2) is 14.8 Å². The van der Waals surface area contributed by atoms with Gasteiger partial charge in [0.1, 0.15) is 10.7 Å².